The molecule has 2 atom stereocenters. The largest absolute Gasteiger partial charge is 0.481 e. The molecule has 0 aliphatic heterocycles. The molecule has 1 fully saturated rings. The van der Waals surface area contributed by atoms with Gasteiger partial charge in [0.15, 0.2) is 0 Å². The fourth-order valence-corrected chi connectivity index (χ4v) is 1.55. The van der Waals surface area contributed by atoms with Crippen LogP contribution in [0.4, 0.5) is 0 Å². The Hall–Kier alpha value is -1.01. The summed E-state index contributed by atoms with van der Waals surface area (Å²) < 4.78 is 5.33. The summed E-state index contributed by atoms with van der Waals surface area (Å²) >= 11 is 0. The van der Waals surface area contributed by atoms with E-state index >= 15 is 0 Å². The molecule has 0 amide bonds. The molecule has 72 valence electrons. The van der Waals surface area contributed by atoms with Gasteiger partial charge in [-0.3, -0.25) is 4.79 Å². The molecule has 0 aromatic heterocycles. The Morgan fingerprint density at radius 1 is 1.62 bits per heavy atom. The first-order chi connectivity index (χ1) is 6.01. The quantitative estimate of drug-likeness (QED) is 0.666. The molecule has 0 bridgehead atoms. The number of carbonyl (C=O) groups is 1. The van der Waals surface area contributed by atoms with Gasteiger partial charge in [0, 0.05) is 5.41 Å². The fraction of sp³-hybridized carbons (Fsp3) is 0.700. The molecule has 1 saturated carbocycles. The third kappa shape index (κ3) is 1.84. The van der Waals surface area contributed by atoms with Gasteiger partial charge in [-0.2, -0.15) is 0 Å². The predicted molar refractivity (Wildman–Crippen MR) is 48.1 cm³/mol. The van der Waals surface area contributed by atoms with Gasteiger partial charge in [0.25, 0.3) is 0 Å². The molecular weight excluding hydrogens is 168 g/mol. The monoisotopic (exact) mass is 182 g/mol. The Balaban J connectivity index is 2.44. The molecule has 0 saturated heterocycles. The van der Waals surface area contributed by atoms with Crippen LogP contribution in [0.1, 0.15) is 20.8 Å². The molecule has 3 nitrogen and oxygen atoms in total. The van der Waals surface area contributed by atoms with E-state index in [1.54, 1.807) is 6.92 Å². The number of carboxylic acids is 1. The first-order valence-corrected chi connectivity index (χ1v) is 4.26. The third-order valence-electron chi connectivity index (χ3n) is 2.51. The molecule has 0 aromatic carbocycles. The Bertz CT molecular complexity index is 270. The van der Waals surface area contributed by atoms with E-state index in [2.05, 4.69) is 11.8 Å². The number of ether oxygens (including phenoxy) is 1. The van der Waals surface area contributed by atoms with Gasteiger partial charge in [-0.15, -0.1) is 5.92 Å². The number of hydrogen-bond acceptors (Lipinski definition) is 2. The minimum Gasteiger partial charge on any atom is -0.481 e. The van der Waals surface area contributed by atoms with E-state index < -0.39 is 5.97 Å². The van der Waals surface area contributed by atoms with Gasteiger partial charge < -0.3 is 9.84 Å². The van der Waals surface area contributed by atoms with E-state index in [1.165, 1.54) is 0 Å². The van der Waals surface area contributed by atoms with E-state index in [0.717, 1.165) is 0 Å². The van der Waals surface area contributed by atoms with Crippen LogP contribution < -0.4 is 0 Å². The summed E-state index contributed by atoms with van der Waals surface area (Å²) in [7, 11) is 0. The highest BCUT2D eigenvalue weighted by Gasteiger charge is 2.63. The number of hydrogen-bond donors (Lipinski definition) is 1. The van der Waals surface area contributed by atoms with Crippen molar-refractivity contribution in [1.29, 1.82) is 0 Å². The molecule has 1 aliphatic carbocycles. The second kappa shape index (κ2) is 3.39. The SMILES string of the molecule is CC#CCOC1C(C(=O)O)C1(C)C. The second-order valence-electron chi connectivity index (χ2n) is 3.80. The molecule has 13 heavy (non-hydrogen) atoms. The van der Waals surface area contributed by atoms with Gasteiger partial charge in [0.1, 0.15) is 6.61 Å². The summed E-state index contributed by atoms with van der Waals surface area (Å²) in [6.45, 7) is 5.86. The van der Waals surface area contributed by atoms with Crippen molar-refractivity contribution >= 4 is 5.97 Å². The number of rotatable bonds is 3. The van der Waals surface area contributed by atoms with Crippen LogP contribution in [0.3, 0.4) is 0 Å². The maximum atomic E-state index is 10.7. The van der Waals surface area contributed by atoms with Crippen LogP contribution in [-0.2, 0) is 9.53 Å². The molecule has 3 heteroatoms. The van der Waals surface area contributed by atoms with Crippen LogP contribution in [0.15, 0.2) is 0 Å². The highest BCUT2D eigenvalue weighted by molar-refractivity contribution is 5.76. The highest BCUT2D eigenvalue weighted by Crippen LogP contribution is 2.54. The summed E-state index contributed by atoms with van der Waals surface area (Å²) in [5, 5.41) is 8.80. The van der Waals surface area contributed by atoms with Gasteiger partial charge in [0.05, 0.1) is 12.0 Å². The summed E-state index contributed by atoms with van der Waals surface area (Å²) in [5.41, 5.74) is -0.235. The molecule has 0 heterocycles. The average Bonchev–Trinajstić information content (AvgIpc) is 2.54. The van der Waals surface area contributed by atoms with Crippen molar-refractivity contribution in [3.63, 3.8) is 0 Å². The van der Waals surface area contributed by atoms with Crippen LogP contribution in [0.25, 0.3) is 0 Å². The summed E-state index contributed by atoms with van der Waals surface area (Å²) in [4.78, 5) is 10.7. The normalized spacial score (nSPS) is 28.8. The van der Waals surface area contributed by atoms with Crippen molar-refractivity contribution < 1.29 is 14.6 Å². The van der Waals surface area contributed by atoms with Crippen molar-refractivity contribution in [3.05, 3.63) is 0 Å². The van der Waals surface area contributed by atoms with Gasteiger partial charge in [-0.05, 0) is 6.92 Å². The molecule has 0 radical (unpaired) electrons. The van der Waals surface area contributed by atoms with Crippen LogP contribution in [-0.4, -0.2) is 23.8 Å². The predicted octanol–water partition coefficient (Wildman–Crippen LogP) is 1.14. The summed E-state index contributed by atoms with van der Waals surface area (Å²) in [5.74, 6) is 4.30. The van der Waals surface area contributed by atoms with Gasteiger partial charge >= 0.3 is 5.97 Å². The van der Waals surface area contributed by atoms with Crippen molar-refractivity contribution in [2.24, 2.45) is 11.3 Å². The van der Waals surface area contributed by atoms with Crippen molar-refractivity contribution in [3.8, 4) is 11.8 Å². The van der Waals surface area contributed by atoms with Gasteiger partial charge in [-0.25, -0.2) is 0 Å². The number of aliphatic carboxylic acids is 1. The van der Waals surface area contributed by atoms with E-state index in [0.29, 0.717) is 6.61 Å². The maximum absolute atomic E-state index is 10.7. The van der Waals surface area contributed by atoms with Crippen molar-refractivity contribution in [2.45, 2.75) is 26.9 Å². The van der Waals surface area contributed by atoms with Gasteiger partial charge in [-0.1, -0.05) is 19.8 Å². The highest BCUT2D eigenvalue weighted by atomic mass is 16.5. The van der Waals surface area contributed by atoms with E-state index in [4.69, 9.17) is 9.84 Å². The lowest BCUT2D eigenvalue weighted by molar-refractivity contribution is -0.140. The topological polar surface area (TPSA) is 46.5 Å². The molecule has 1 aliphatic rings. The van der Waals surface area contributed by atoms with Crippen LogP contribution in [0.2, 0.25) is 0 Å². The lowest BCUT2D eigenvalue weighted by Gasteiger charge is -1.99. The lowest BCUT2D eigenvalue weighted by atomic mass is 10.1. The molecule has 0 spiro atoms. The third-order valence-corrected chi connectivity index (χ3v) is 2.51. The molecule has 1 N–H and O–H groups in total. The summed E-state index contributed by atoms with van der Waals surface area (Å²) in [6.07, 6.45) is -0.175. The Morgan fingerprint density at radius 2 is 2.23 bits per heavy atom. The maximum Gasteiger partial charge on any atom is 0.309 e. The van der Waals surface area contributed by atoms with Crippen molar-refractivity contribution in [1.82, 2.24) is 0 Å². The number of carboxylic acid groups (broad SMARTS) is 1. The first kappa shape index (κ1) is 10.1. The Morgan fingerprint density at radius 3 is 2.62 bits per heavy atom. The molecular formula is C10H14O3. The van der Waals surface area contributed by atoms with Crippen LogP contribution >= 0.6 is 0 Å². The van der Waals surface area contributed by atoms with E-state index in [1.807, 2.05) is 13.8 Å². The zero-order chi connectivity index (χ0) is 10.1. The minimum absolute atomic E-state index is 0.175. The van der Waals surface area contributed by atoms with E-state index in [-0.39, 0.29) is 17.4 Å². The zero-order valence-electron chi connectivity index (χ0n) is 8.13. The fourth-order valence-electron chi connectivity index (χ4n) is 1.55. The smallest absolute Gasteiger partial charge is 0.309 e. The zero-order valence-corrected chi connectivity index (χ0v) is 8.13. The average molecular weight is 182 g/mol. The standard InChI is InChI=1S/C10H14O3/c1-4-5-6-13-8-7(9(11)12)10(8,2)3/h7-8H,6H2,1-3H3,(H,11,12). The minimum atomic E-state index is -0.778. The first-order valence-electron chi connectivity index (χ1n) is 4.26. The van der Waals surface area contributed by atoms with Crippen LogP contribution in [0, 0.1) is 23.2 Å². The summed E-state index contributed by atoms with van der Waals surface area (Å²) in [6, 6.07) is 0. The molecule has 1 rings (SSSR count). The molecule has 2 unspecified atom stereocenters. The van der Waals surface area contributed by atoms with Crippen molar-refractivity contribution in [2.75, 3.05) is 6.61 Å². The molecule has 0 aromatic rings. The van der Waals surface area contributed by atoms with E-state index in [9.17, 15) is 4.79 Å². The lowest BCUT2D eigenvalue weighted by Crippen LogP contribution is -2.05. The Kier molecular flexibility index (Phi) is 2.63. The Labute approximate surface area is 78.1 Å². The van der Waals surface area contributed by atoms with Crippen LogP contribution in [0.5, 0.6) is 0 Å². The second-order valence-corrected chi connectivity index (χ2v) is 3.80. The van der Waals surface area contributed by atoms with Gasteiger partial charge in [0.2, 0.25) is 0 Å².